The van der Waals surface area contributed by atoms with Crippen LogP contribution in [0.3, 0.4) is 0 Å². The number of amides is 1. The molecule has 5 heteroatoms. The Morgan fingerprint density at radius 3 is 2.48 bits per heavy atom. The van der Waals surface area contributed by atoms with Gasteiger partial charge in [0.05, 0.1) is 6.61 Å². The van der Waals surface area contributed by atoms with Gasteiger partial charge in [-0.2, -0.15) is 0 Å². The zero-order valence-corrected chi connectivity index (χ0v) is 12.9. The minimum Gasteiger partial charge on any atom is -0.494 e. The first kappa shape index (κ1) is 15.8. The Labute approximate surface area is 126 Å². The highest BCUT2D eigenvalue weighted by molar-refractivity contribution is 5.85. The van der Waals surface area contributed by atoms with Gasteiger partial charge in [0.25, 0.3) is 0 Å². The first-order valence-corrected chi connectivity index (χ1v) is 7.58. The van der Waals surface area contributed by atoms with Gasteiger partial charge in [-0.05, 0) is 31.0 Å². The van der Waals surface area contributed by atoms with Gasteiger partial charge in [0.15, 0.2) is 0 Å². The molecule has 116 valence electrons. The monoisotopic (exact) mass is 291 g/mol. The molecule has 5 nitrogen and oxygen atoms in total. The molecule has 0 bridgehead atoms. The number of carbonyl (C=O) groups is 1. The zero-order chi connectivity index (χ0) is 15.3. The maximum Gasteiger partial charge on any atom is 0.242 e. The van der Waals surface area contributed by atoms with Crippen molar-refractivity contribution in [2.24, 2.45) is 5.73 Å². The third-order valence-electron chi connectivity index (χ3n) is 4.12. The molecule has 1 aromatic carbocycles. The van der Waals surface area contributed by atoms with E-state index in [1.807, 2.05) is 31.2 Å². The number of nitrogens with one attached hydrogen (secondary N) is 1. The van der Waals surface area contributed by atoms with E-state index in [2.05, 4.69) is 17.1 Å². The standard InChI is InChI=1S/C16H25N3O2/c1-3-12-21-14-6-4-13(5-7-14)16(2,15(17)20)19-10-8-18-9-11-19/h4-7,18H,3,8-12H2,1-2H3,(H2,17,20). The lowest BCUT2D eigenvalue weighted by Crippen LogP contribution is -2.58. The molecule has 0 radical (unpaired) electrons. The van der Waals surface area contributed by atoms with Gasteiger partial charge in [-0.1, -0.05) is 19.1 Å². The lowest BCUT2D eigenvalue weighted by atomic mass is 9.88. The predicted molar refractivity (Wildman–Crippen MR) is 83.2 cm³/mol. The molecule has 0 aliphatic carbocycles. The third-order valence-corrected chi connectivity index (χ3v) is 4.12. The van der Waals surface area contributed by atoms with Crippen molar-refractivity contribution in [1.29, 1.82) is 0 Å². The third kappa shape index (κ3) is 3.36. The van der Waals surface area contributed by atoms with Gasteiger partial charge >= 0.3 is 0 Å². The maximum atomic E-state index is 12.1. The highest BCUT2D eigenvalue weighted by Gasteiger charge is 2.39. The molecule has 1 heterocycles. The van der Waals surface area contributed by atoms with Crippen LogP contribution < -0.4 is 15.8 Å². The molecule has 1 fully saturated rings. The number of hydrogen-bond acceptors (Lipinski definition) is 4. The van der Waals surface area contributed by atoms with E-state index >= 15 is 0 Å². The van der Waals surface area contributed by atoms with Gasteiger partial charge in [0, 0.05) is 26.2 Å². The minimum absolute atomic E-state index is 0.313. The first-order chi connectivity index (χ1) is 10.1. The van der Waals surface area contributed by atoms with Crippen LogP contribution >= 0.6 is 0 Å². The lowest BCUT2D eigenvalue weighted by Gasteiger charge is -2.41. The summed E-state index contributed by atoms with van der Waals surface area (Å²) in [5.74, 6) is 0.513. The van der Waals surface area contributed by atoms with Crippen molar-refractivity contribution in [1.82, 2.24) is 10.2 Å². The number of piperazine rings is 1. The summed E-state index contributed by atoms with van der Waals surface area (Å²) < 4.78 is 5.59. The number of nitrogens with zero attached hydrogens (tertiary/aromatic N) is 1. The van der Waals surface area contributed by atoms with Gasteiger partial charge in [0.2, 0.25) is 5.91 Å². The van der Waals surface area contributed by atoms with Gasteiger partial charge in [0.1, 0.15) is 11.3 Å². The summed E-state index contributed by atoms with van der Waals surface area (Å²) in [6.45, 7) is 8.05. The van der Waals surface area contributed by atoms with E-state index in [1.165, 1.54) is 0 Å². The van der Waals surface area contributed by atoms with Crippen molar-refractivity contribution in [3.8, 4) is 5.75 Å². The van der Waals surface area contributed by atoms with Crippen LogP contribution in [0.2, 0.25) is 0 Å². The van der Waals surface area contributed by atoms with Crippen LogP contribution in [0.5, 0.6) is 5.75 Å². The second-order valence-electron chi connectivity index (χ2n) is 5.55. The highest BCUT2D eigenvalue weighted by Crippen LogP contribution is 2.29. The highest BCUT2D eigenvalue weighted by atomic mass is 16.5. The van der Waals surface area contributed by atoms with E-state index in [-0.39, 0.29) is 5.91 Å². The molecule has 1 aliphatic heterocycles. The van der Waals surface area contributed by atoms with Crippen LogP contribution in [-0.2, 0) is 10.3 Å². The number of hydrogen-bond donors (Lipinski definition) is 2. The van der Waals surface area contributed by atoms with E-state index in [1.54, 1.807) is 0 Å². The molecule has 1 saturated heterocycles. The van der Waals surface area contributed by atoms with Crippen LogP contribution in [0.25, 0.3) is 0 Å². The van der Waals surface area contributed by atoms with Crippen LogP contribution in [0.1, 0.15) is 25.8 Å². The van der Waals surface area contributed by atoms with Crippen molar-refractivity contribution in [2.75, 3.05) is 32.8 Å². The van der Waals surface area contributed by atoms with E-state index in [9.17, 15) is 4.79 Å². The molecule has 0 spiro atoms. The Balaban J connectivity index is 2.22. The van der Waals surface area contributed by atoms with Gasteiger partial charge < -0.3 is 15.8 Å². The van der Waals surface area contributed by atoms with Crippen molar-refractivity contribution in [2.45, 2.75) is 25.8 Å². The van der Waals surface area contributed by atoms with Crippen molar-refractivity contribution >= 4 is 5.91 Å². The fourth-order valence-corrected chi connectivity index (χ4v) is 2.69. The molecule has 1 atom stereocenters. The molecule has 0 saturated carbocycles. The number of rotatable bonds is 6. The summed E-state index contributed by atoms with van der Waals surface area (Å²) in [4.78, 5) is 14.3. The number of carbonyl (C=O) groups excluding carboxylic acids is 1. The summed E-state index contributed by atoms with van der Waals surface area (Å²) in [5, 5.41) is 3.30. The SMILES string of the molecule is CCCOc1ccc(C(C)(C(N)=O)N2CCNCC2)cc1. The average molecular weight is 291 g/mol. The Morgan fingerprint density at radius 1 is 1.33 bits per heavy atom. The molecular formula is C16H25N3O2. The van der Waals surface area contributed by atoms with Gasteiger partial charge in [-0.15, -0.1) is 0 Å². The summed E-state index contributed by atoms with van der Waals surface area (Å²) in [6.07, 6.45) is 0.974. The Bertz CT molecular complexity index is 469. The number of ether oxygens (including phenoxy) is 1. The van der Waals surface area contributed by atoms with E-state index in [0.29, 0.717) is 6.61 Å². The van der Waals surface area contributed by atoms with Crippen molar-refractivity contribution in [3.63, 3.8) is 0 Å². The molecule has 1 amide bonds. The summed E-state index contributed by atoms with van der Waals surface area (Å²) in [6, 6.07) is 7.71. The van der Waals surface area contributed by atoms with E-state index in [4.69, 9.17) is 10.5 Å². The zero-order valence-electron chi connectivity index (χ0n) is 12.9. The second kappa shape index (κ2) is 6.91. The molecule has 1 aliphatic rings. The Morgan fingerprint density at radius 2 is 1.95 bits per heavy atom. The molecule has 1 unspecified atom stereocenters. The first-order valence-electron chi connectivity index (χ1n) is 7.58. The largest absolute Gasteiger partial charge is 0.494 e. The molecular weight excluding hydrogens is 266 g/mol. The minimum atomic E-state index is -0.772. The van der Waals surface area contributed by atoms with Crippen molar-refractivity contribution in [3.05, 3.63) is 29.8 Å². The van der Waals surface area contributed by atoms with Crippen LogP contribution in [-0.4, -0.2) is 43.6 Å². The summed E-state index contributed by atoms with van der Waals surface area (Å²) in [7, 11) is 0. The number of benzene rings is 1. The maximum absolute atomic E-state index is 12.1. The Kier molecular flexibility index (Phi) is 5.20. The van der Waals surface area contributed by atoms with Gasteiger partial charge in [-0.3, -0.25) is 9.69 Å². The van der Waals surface area contributed by atoms with Crippen LogP contribution in [0.15, 0.2) is 24.3 Å². The fraction of sp³-hybridized carbons (Fsp3) is 0.562. The Hall–Kier alpha value is -1.59. The molecule has 2 rings (SSSR count). The van der Waals surface area contributed by atoms with Crippen molar-refractivity contribution < 1.29 is 9.53 Å². The van der Waals surface area contributed by atoms with E-state index < -0.39 is 5.54 Å². The molecule has 21 heavy (non-hydrogen) atoms. The smallest absolute Gasteiger partial charge is 0.242 e. The average Bonchev–Trinajstić information content (AvgIpc) is 2.53. The second-order valence-corrected chi connectivity index (χ2v) is 5.55. The quantitative estimate of drug-likeness (QED) is 0.823. The van der Waals surface area contributed by atoms with Crippen LogP contribution in [0.4, 0.5) is 0 Å². The summed E-state index contributed by atoms with van der Waals surface area (Å²) >= 11 is 0. The number of nitrogens with two attached hydrogens (primary N) is 1. The lowest BCUT2D eigenvalue weighted by molar-refractivity contribution is -0.130. The normalized spacial score (nSPS) is 19.0. The predicted octanol–water partition coefficient (Wildman–Crippen LogP) is 1.08. The fourth-order valence-electron chi connectivity index (χ4n) is 2.69. The summed E-state index contributed by atoms with van der Waals surface area (Å²) in [5.41, 5.74) is 5.86. The molecule has 3 N–H and O–H groups in total. The van der Waals surface area contributed by atoms with Crippen LogP contribution in [0, 0.1) is 0 Å². The topological polar surface area (TPSA) is 67.6 Å². The van der Waals surface area contributed by atoms with E-state index in [0.717, 1.165) is 43.9 Å². The molecule has 0 aromatic heterocycles. The molecule has 1 aromatic rings. The number of primary amides is 1. The van der Waals surface area contributed by atoms with Gasteiger partial charge in [-0.25, -0.2) is 0 Å².